The molecule has 6 nitrogen and oxygen atoms in total. The second-order valence-electron chi connectivity index (χ2n) is 7.07. The van der Waals surface area contributed by atoms with Crippen molar-refractivity contribution in [1.82, 2.24) is 15.5 Å². The number of halogens is 2. The SMILES string of the molecule is CN=C(NCCCCOc1ccc(F)cc1)NCC(c1cccs1)N1CCOCC1.I. The number of hydrogen-bond acceptors (Lipinski definition) is 5. The zero-order valence-corrected chi connectivity index (χ0v) is 21.0. The molecule has 1 fully saturated rings. The minimum absolute atomic E-state index is 0. The van der Waals surface area contributed by atoms with E-state index in [-0.39, 0.29) is 29.8 Å². The lowest BCUT2D eigenvalue weighted by Gasteiger charge is -2.34. The molecule has 0 spiro atoms. The van der Waals surface area contributed by atoms with Crippen molar-refractivity contribution < 1.29 is 13.9 Å². The van der Waals surface area contributed by atoms with E-state index < -0.39 is 0 Å². The summed E-state index contributed by atoms with van der Waals surface area (Å²) in [6.45, 7) is 5.69. The van der Waals surface area contributed by atoms with Gasteiger partial charge in [0.25, 0.3) is 0 Å². The first-order valence-electron chi connectivity index (χ1n) is 10.4. The molecule has 0 amide bonds. The molecule has 1 aliphatic heterocycles. The van der Waals surface area contributed by atoms with Crippen LogP contribution in [0.5, 0.6) is 5.75 Å². The first-order valence-corrected chi connectivity index (χ1v) is 11.3. The smallest absolute Gasteiger partial charge is 0.191 e. The third-order valence-electron chi connectivity index (χ3n) is 4.99. The zero-order valence-electron chi connectivity index (χ0n) is 17.9. The molecule has 1 atom stereocenters. The minimum atomic E-state index is -0.250. The molecule has 1 aromatic carbocycles. The second-order valence-corrected chi connectivity index (χ2v) is 8.05. The largest absolute Gasteiger partial charge is 0.494 e. The van der Waals surface area contributed by atoms with Gasteiger partial charge in [0.1, 0.15) is 11.6 Å². The molecular weight excluding hydrogens is 530 g/mol. The Labute approximate surface area is 205 Å². The summed E-state index contributed by atoms with van der Waals surface area (Å²) in [5.74, 6) is 1.26. The first kappa shape index (κ1) is 25.8. The minimum Gasteiger partial charge on any atom is -0.494 e. The fourth-order valence-corrected chi connectivity index (χ4v) is 4.21. The third-order valence-corrected chi connectivity index (χ3v) is 5.96. The van der Waals surface area contributed by atoms with Crippen molar-refractivity contribution in [3.8, 4) is 5.75 Å². The molecular formula is C22H32FIN4O2S. The quantitative estimate of drug-likeness (QED) is 0.199. The highest BCUT2D eigenvalue weighted by atomic mass is 127. The van der Waals surface area contributed by atoms with Crippen LogP contribution >= 0.6 is 35.3 Å². The lowest BCUT2D eigenvalue weighted by Crippen LogP contribution is -2.46. The molecule has 2 N–H and O–H groups in total. The first-order chi connectivity index (χ1) is 14.8. The molecule has 9 heteroatoms. The van der Waals surface area contributed by atoms with Gasteiger partial charge in [-0.2, -0.15) is 0 Å². The van der Waals surface area contributed by atoms with Crippen molar-refractivity contribution in [3.05, 3.63) is 52.5 Å². The van der Waals surface area contributed by atoms with Crippen LogP contribution in [0, 0.1) is 5.82 Å². The van der Waals surface area contributed by atoms with Crippen LogP contribution in [0.4, 0.5) is 4.39 Å². The monoisotopic (exact) mass is 562 g/mol. The van der Waals surface area contributed by atoms with E-state index in [1.807, 2.05) is 0 Å². The molecule has 172 valence electrons. The van der Waals surface area contributed by atoms with Crippen LogP contribution in [0.1, 0.15) is 23.8 Å². The highest BCUT2D eigenvalue weighted by Crippen LogP contribution is 2.25. The van der Waals surface area contributed by atoms with Crippen LogP contribution in [-0.2, 0) is 4.74 Å². The van der Waals surface area contributed by atoms with Gasteiger partial charge in [-0.1, -0.05) is 6.07 Å². The van der Waals surface area contributed by atoms with Gasteiger partial charge in [0, 0.05) is 38.1 Å². The Morgan fingerprint density at radius 3 is 2.65 bits per heavy atom. The number of thiophene rings is 1. The summed E-state index contributed by atoms with van der Waals surface area (Å²) in [4.78, 5) is 8.18. The van der Waals surface area contributed by atoms with Crippen molar-refractivity contribution in [2.75, 3.05) is 53.0 Å². The van der Waals surface area contributed by atoms with Crippen LogP contribution < -0.4 is 15.4 Å². The lowest BCUT2D eigenvalue weighted by molar-refractivity contribution is 0.0177. The lowest BCUT2D eigenvalue weighted by atomic mass is 10.2. The number of rotatable bonds is 10. The standard InChI is InChI=1S/C22H31FN4O2S.HI/c1-24-22(25-10-2-3-13-29-19-8-6-18(23)7-9-19)26-17-20(21-5-4-16-30-21)27-11-14-28-15-12-27;/h4-9,16,20H,2-3,10-15,17H2,1H3,(H2,24,25,26);1H. The van der Waals surface area contributed by atoms with E-state index in [4.69, 9.17) is 9.47 Å². The molecule has 0 saturated carbocycles. The van der Waals surface area contributed by atoms with Crippen LogP contribution in [0.2, 0.25) is 0 Å². The summed E-state index contributed by atoms with van der Waals surface area (Å²) >= 11 is 1.79. The number of morpholine rings is 1. The Kier molecular flexibility index (Phi) is 12.2. The second kappa shape index (κ2) is 14.6. The van der Waals surface area contributed by atoms with E-state index in [9.17, 15) is 4.39 Å². The van der Waals surface area contributed by atoms with Crippen molar-refractivity contribution >= 4 is 41.3 Å². The molecule has 0 bridgehead atoms. The van der Waals surface area contributed by atoms with Gasteiger partial charge in [0.15, 0.2) is 5.96 Å². The molecule has 0 aliphatic carbocycles. The average Bonchev–Trinajstić information content (AvgIpc) is 3.31. The number of unbranched alkanes of at least 4 members (excludes halogenated alkanes) is 1. The van der Waals surface area contributed by atoms with Crippen molar-refractivity contribution in [2.24, 2.45) is 4.99 Å². The Balaban J connectivity index is 0.00000341. The van der Waals surface area contributed by atoms with Gasteiger partial charge in [-0.15, -0.1) is 35.3 Å². The molecule has 2 heterocycles. The zero-order chi connectivity index (χ0) is 21.0. The van der Waals surface area contributed by atoms with E-state index in [0.717, 1.165) is 58.2 Å². The van der Waals surface area contributed by atoms with Gasteiger partial charge in [-0.25, -0.2) is 4.39 Å². The number of nitrogens with one attached hydrogen (secondary N) is 2. The van der Waals surface area contributed by atoms with Crippen LogP contribution in [0.15, 0.2) is 46.8 Å². The fourth-order valence-electron chi connectivity index (χ4n) is 3.35. The number of hydrogen-bond donors (Lipinski definition) is 2. The van der Waals surface area contributed by atoms with Crippen LogP contribution in [0.3, 0.4) is 0 Å². The maximum absolute atomic E-state index is 12.9. The summed E-state index contributed by atoms with van der Waals surface area (Å²) in [5, 5.41) is 8.98. The summed E-state index contributed by atoms with van der Waals surface area (Å²) in [6.07, 6.45) is 1.87. The molecule has 0 radical (unpaired) electrons. The fraction of sp³-hybridized carbons (Fsp3) is 0.500. The maximum atomic E-state index is 12.9. The number of guanidine groups is 1. The Morgan fingerprint density at radius 1 is 1.19 bits per heavy atom. The predicted molar refractivity (Wildman–Crippen MR) is 135 cm³/mol. The normalized spacial score (nSPS) is 15.7. The number of aliphatic imine (C=N–C) groups is 1. The van der Waals surface area contributed by atoms with E-state index in [0.29, 0.717) is 18.4 Å². The Morgan fingerprint density at radius 2 is 1.97 bits per heavy atom. The van der Waals surface area contributed by atoms with Crippen molar-refractivity contribution in [2.45, 2.75) is 18.9 Å². The van der Waals surface area contributed by atoms with Crippen molar-refractivity contribution in [1.29, 1.82) is 0 Å². The topological polar surface area (TPSA) is 58.1 Å². The average molecular weight is 562 g/mol. The van der Waals surface area contributed by atoms with Crippen LogP contribution in [0.25, 0.3) is 0 Å². The number of nitrogens with zero attached hydrogens (tertiary/aromatic N) is 2. The van der Waals surface area contributed by atoms with E-state index in [1.165, 1.54) is 17.0 Å². The summed E-state index contributed by atoms with van der Waals surface area (Å²) < 4.78 is 24.0. The summed E-state index contributed by atoms with van der Waals surface area (Å²) in [7, 11) is 1.79. The van der Waals surface area contributed by atoms with E-state index in [1.54, 1.807) is 30.5 Å². The molecule has 31 heavy (non-hydrogen) atoms. The Hall–Kier alpha value is -1.43. The van der Waals surface area contributed by atoms with Gasteiger partial charge < -0.3 is 20.1 Å². The Bertz CT molecular complexity index is 755. The van der Waals surface area contributed by atoms with Gasteiger partial charge in [0.05, 0.1) is 25.9 Å². The summed E-state index contributed by atoms with van der Waals surface area (Å²) in [5.41, 5.74) is 0. The molecule has 1 aliphatic rings. The van der Waals surface area contributed by atoms with E-state index in [2.05, 4.69) is 38.0 Å². The van der Waals surface area contributed by atoms with Gasteiger partial charge in [-0.05, 0) is 48.6 Å². The third kappa shape index (κ3) is 8.91. The molecule has 2 aromatic rings. The van der Waals surface area contributed by atoms with Gasteiger partial charge >= 0.3 is 0 Å². The van der Waals surface area contributed by atoms with Crippen LogP contribution in [-0.4, -0.2) is 63.9 Å². The number of benzene rings is 1. The number of ether oxygens (including phenoxy) is 2. The van der Waals surface area contributed by atoms with E-state index >= 15 is 0 Å². The molecule has 3 rings (SSSR count). The molecule has 1 aromatic heterocycles. The summed E-state index contributed by atoms with van der Waals surface area (Å²) in [6, 6.07) is 10.7. The highest BCUT2D eigenvalue weighted by molar-refractivity contribution is 14.0. The molecule has 1 unspecified atom stereocenters. The highest BCUT2D eigenvalue weighted by Gasteiger charge is 2.23. The molecule has 1 saturated heterocycles. The predicted octanol–water partition coefficient (Wildman–Crippen LogP) is 3.90. The van der Waals surface area contributed by atoms with Gasteiger partial charge in [0.2, 0.25) is 0 Å². The van der Waals surface area contributed by atoms with Gasteiger partial charge in [-0.3, -0.25) is 9.89 Å². The van der Waals surface area contributed by atoms with Crippen molar-refractivity contribution in [3.63, 3.8) is 0 Å². The maximum Gasteiger partial charge on any atom is 0.191 e.